The molecule has 7 heteroatoms. The Kier molecular flexibility index (Phi) is 5.32. The summed E-state index contributed by atoms with van der Waals surface area (Å²) in [7, 11) is -2.56. The van der Waals surface area contributed by atoms with E-state index in [-0.39, 0.29) is 0 Å². The SMILES string of the molecule is CCn1cc[n+](C)c1.O=S(=O)([O-])CF. The van der Waals surface area contributed by atoms with Gasteiger partial charge in [-0.1, -0.05) is 0 Å². The van der Waals surface area contributed by atoms with Gasteiger partial charge in [0.05, 0.1) is 13.6 Å². The van der Waals surface area contributed by atoms with Crippen molar-refractivity contribution in [2.45, 2.75) is 13.5 Å². The molecular formula is C7H13FN2O3S. The number of aromatic nitrogens is 2. The monoisotopic (exact) mass is 224 g/mol. The first-order valence-corrected chi connectivity index (χ1v) is 5.47. The van der Waals surface area contributed by atoms with Gasteiger partial charge in [0.1, 0.15) is 22.5 Å². The minimum Gasteiger partial charge on any atom is -0.746 e. The van der Waals surface area contributed by atoms with E-state index < -0.39 is 16.1 Å². The van der Waals surface area contributed by atoms with Crippen molar-refractivity contribution in [1.82, 2.24) is 4.57 Å². The average molecular weight is 224 g/mol. The van der Waals surface area contributed by atoms with Crippen molar-refractivity contribution in [2.24, 2.45) is 7.05 Å². The Hall–Kier alpha value is -0.950. The zero-order valence-electron chi connectivity index (χ0n) is 8.05. The number of aryl methyl sites for hydroxylation is 2. The van der Waals surface area contributed by atoms with Gasteiger partial charge in [-0.3, -0.25) is 0 Å². The second-order valence-corrected chi connectivity index (χ2v) is 3.91. The van der Waals surface area contributed by atoms with Crippen LogP contribution in [0.5, 0.6) is 0 Å². The maximum absolute atomic E-state index is 10.6. The number of hydrogen-bond acceptors (Lipinski definition) is 3. The molecule has 0 aliphatic carbocycles. The summed E-state index contributed by atoms with van der Waals surface area (Å²) in [6, 6.07) is -1.81. The molecule has 1 aromatic rings. The molecule has 0 unspecified atom stereocenters. The van der Waals surface area contributed by atoms with Gasteiger partial charge < -0.3 is 4.55 Å². The van der Waals surface area contributed by atoms with Gasteiger partial charge in [-0.25, -0.2) is 21.9 Å². The second-order valence-electron chi connectivity index (χ2n) is 2.58. The minimum absolute atomic E-state index is 1.06. The summed E-state index contributed by atoms with van der Waals surface area (Å²) < 4.78 is 42.0. The summed E-state index contributed by atoms with van der Waals surface area (Å²) >= 11 is 0. The van der Waals surface area contributed by atoms with E-state index in [1.165, 1.54) is 0 Å². The number of halogens is 1. The zero-order valence-corrected chi connectivity index (χ0v) is 8.87. The van der Waals surface area contributed by atoms with Crippen molar-refractivity contribution < 1.29 is 21.9 Å². The van der Waals surface area contributed by atoms with Gasteiger partial charge in [-0.2, -0.15) is 0 Å². The smallest absolute Gasteiger partial charge is 0.243 e. The molecule has 0 radical (unpaired) electrons. The Labute approximate surface area is 82.5 Å². The maximum atomic E-state index is 10.6. The van der Waals surface area contributed by atoms with Gasteiger partial charge >= 0.3 is 0 Å². The number of imidazole rings is 1. The molecule has 0 aromatic carbocycles. The molecule has 1 aromatic heterocycles. The van der Waals surface area contributed by atoms with Gasteiger partial charge in [0.2, 0.25) is 6.33 Å². The van der Waals surface area contributed by atoms with Crippen LogP contribution in [0.4, 0.5) is 4.39 Å². The highest BCUT2D eigenvalue weighted by atomic mass is 32.2. The predicted octanol–water partition coefficient (Wildman–Crippen LogP) is -0.209. The van der Waals surface area contributed by atoms with E-state index in [1.54, 1.807) is 0 Å². The Morgan fingerprint density at radius 1 is 1.57 bits per heavy atom. The van der Waals surface area contributed by atoms with Crippen LogP contribution in [0.2, 0.25) is 0 Å². The lowest BCUT2D eigenvalue weighted by Gasteiger charge is -1.94. The molecule has 0 saturated carbocycles. The second kappa shape index (κ2) is 5.71. The largest absolute Gasteiger partial charge is 0.746 e. The van der Waals surface area contributed by atoms with Crippen LogP contribution in [0.25, 0.3) is 0 Å². The molecule has 0 N–H and O–H groups in total. The highest BCUT2D eigenvalue weighted by Crippen LogP contribution is 1.79. The number of nitrogens with zero attached hydrogens (tertiary/aromatic N) is 2. The van der Waals surface area contributed by atoms with Gasteiger partial charge in [0.25, 0.3) is 0 Å². The molecule has 0 bridgehead atoms. The summed E-state index contributed by atoms with van der Waals surface area (Å²) in [6.07, 6.45) is 6.14. The van der Waals surface area contributed by atoms with Crippen LogP contribution < -0.4 is 4.57 Å². The average Bonchev–Trinajstić information content (AvgIpc) is 2.51. The lowest BCUT2D eigenvalue weighted by Crippen LogP contribution is -2.23. The standard InChI is InChI=1S/C6H11N2.CH3FO3S/c1-3-8-5-4-7(2)6-8;2-1-6(3,4)5/h4-6H,3H2,1-2H3;1H2,(H,3,4,5)/q+1;/p-1. The van der Waals surface area contributed by atoms with Gasteiger partial charge in [-0.15, -0.1) is 0 Å². The van der Waals surface area contributed by atoms with Gasteiger partial charge in [-0.05, 0) is 6.92 Å². The molecule has 1 rings (SSSR count). The van der Waals surface area contributed by atoms with E-state index in [0.717, 1.165) is 6.54 Å². The van der Waals surface area contributed by atoms with Crippen LogP contribution in [0.1, 0.15) is 6.92 Å². The molecule has 0 spiro atoms. The third kappa shape index (κ3) is 6.55. The van der Waals surface area contributed by atoms with Crippen LogP contribution >= 0.6 is 0 Å². The summed E-state index contributed by atoms with van der Waals surface area (Å²) in [5.74, 6) is 0. The topological polar surface area (TPSA) is 66.0 Å². The summed E-state index contributed by atoms with van der Waals surface area (Å²) in [5.41, 5.74) is 0. The van der Waals surface area contributed by atoms with Crippen molar-refractivity contribution in [2.75, 3.05) is 6.01 Å². The third-order valence-electron chi connectivity index (χ3n) is 1.32. The molecular weight excluding hydrogens is 211 g/mol. The first kappa shape index (κ1) is 13.1. The van der Waals surface area contributed by atoms with Crippen molar-refractivity contribution >= 4 is 10.1 Å². The van der Waals surface area contributed by atoms with Crippen LogP contribution in [0.15, 0.2) is 18.7 Å². The molecule has 82 valence electrons. The van der Waals surface area contributed by atoms with Crippen molar-refractivity contribution in [3.05, 3.63) is 18.7 Å². The first-order valence-electron chi connectivity index (χ1n) is 3.89. The fourth-order valence-electron chi connectivity index (χ4n) is 0.689. The van der Waals surface area contributed by atoms with E-state index >= 15 is 0 Å². The molecule has 0 saturated heterocycles. The fraction of sp³-hybridized carbons (Fsp3) is 0.571. The molecule has 0 aliphatic heterocycles. The van der Waals surface area contributed by atoms with Crippen LogP contribution in [-0.4, -0.2) is 23.5 Å². The fourth-order valence-corrected chi connectivity index (χ4v) is 0.689. The highest BCUT2D eigenvalue weighted by molar-refractivity contribution is 7.85. The molecule has 0 fully saturated rings. The molecule has 0 atom stereocenters. The minimum atomic E-state index is -4.58. The Morgan fingerprint density at radius 3 is 2.21 bits per heavy atom. The van der Waals surface area contributed by atoms with E-state index in [0.29, 0.717) is 0 Å². The summed E-state index contributed by atoms with van der Waals surface area (Å²) in [5, 5.41) is 0. The van der Waals surface area contributed by atoms with Crippen molar-refractivity contribution in [3.63, 3.8) is 0 Å². The Balaban J connectivity index is 0.000000255. The van der Waals surface area contributed by atoms with Crippen LogP contribution in [-0.2, 0) is 23.7 Å². The zero-order chi connectivity index (χ0) is 11.2. The number of hydrogen-bond donors (Lipinski definition) is 0. The molecule has 0 aliphatic rings. The van der Waals surface area contributed by atoms with Crippen molar-refractivity contribution in [1.29, 1.82) is 0 Å². The molecule has 14 heavy (non-hydrogen) atoms. The van der Waals surface area contributed by atoms with E-state index in [4.69, 9.17) is 13.0 Å². The van der Waals surface area contributed by atoms with Crippen LogP contribution in [0, 0.1) is 0 Å². The van der Waals surface area contributed by atoms with Gasteiger partial charge in [0, 0.05) is 0 Å². The Morgan fingerprint density at radius 2 is 2.07 bits per heavy atom. The molecule has 1 heterocycles. The molecule has 0 amide bonds. The lowest BCUT2D eigenvalue weighted by molar-refractivity contribution is -0.671. The van der Waals surface area contributed by atoms with E-state index in [2.05, 4.69) is 24.0 Å². The van der Waals surface area contributed by atoms with E-state index in [9.17, 15) is 4.39 Å². The lowest BCUT2D eigenvalue weighted by atomic mass is 10.7. The normalized spacial score (nSPS) is 10.6. The number of rotatable bonds is 2. The molecule has 5 nitrogen and oxygen atoms in total. The number of alkyl halides is 1. The highest BCUT2D eigenvalue weighted by Gasteiger charge is 1.92. The predicted molar refractivity (Wildman–Crippen MR) is 47.0 cm³/mol. The third-order valence-corrected chi connectivity index (χ3v) is 1.59. The van der Waals surface area contributed by atoms with E-state index in [1.807, 2.05) is 17.8 Å². The quantitative estimate of drug-likeness (QED) is 0.515. The van der Waals surface area contributed by atoms with Crippen molar-refractivity contribution in [3.8, 4) is 0 Å². The maximum Gasteiger partial charge on any atom is 0.243 e. The van der Waals surface area contributed by atoms with Gasteiger partial charge in [0.15, 0.2) is 6.01 Å². The summed E-state index contributed by atoms with van der Waals surface area (Å²) in [6.45, 7) is 3.18. The summed E-state index contributed by atoms with van der Waals surface area (Å²) in [4.78, 5) is 0. The van der Waals surface area contributed by atoms with Crippen LogP contribution in [0.3, 0.4) is 0 Å². The first-order chi connectivity index (χ1) is 6.39. The Bertz CT molecular complexity index is 361.